The summed E-state index contributed by atoms with van der Waals surface area (Å²) in [7, 11) is -0.249. The molecule has 0 spiro atoms. The normalized spacial score (nSPS) is 25.0. The minimum atomic E-state index is -0.272. The first-order valence-corrected chi connectivity index (χ1v) is 9.29. The fourth-order valence-corrected chi connectivity index (χ4v) is 4.08. The van der Waals surface area contributed by atoms with E-state index in [-0.39, 0.29) is 18.3 Å². The van der Waals surface area contributed by atoms with Crippen LogP contribution in [-0.4, -0.2) is 18.3 Å². The molecule has 3 rings (SSSR count). The van der Waals surface area contributed by atoms with Crippen LogP contribution in [0, 0.1) is 5.92 Å². The Kier molecular flexibility index (Phi) is 4.63. The molecule has 1 heterocycles. The van der Waals surface area contributed by atoms with Crippen molar-refractivity contribution in [3.05, 3.63) is 29.8 Å². The molecular weight excluding hydrogens is 283 g/mol. The van der Waals surface area contributed by atoms with Gasteiger partial charge in [0.2, 0.25) is 0 Å². The standard InChI is InChI=1S/C20H31BO2/c1-6-18(15-9-7-8-10-15)16-11-13-17(14-12-16)21-22-19(2,3)20(4,5)23-21/h11-15,18H,6-10H2,1-5H3. The highest BCUT2D eigenvalue weighted by atomic mass is 16.7. The zero-order chi connectivity index (χ0) is 16.7. The molecule has 1 saturated heterocycles. The predicted molar refractivity (Wildman–Crippen MR) is 97.1 cm³/mol. The molecule has 1 atom stereocenters. The zero-order valence-electron chi connectivity index (χ0n) is 15.4. The molecule has 2 nitrogen and oxygen atoms in total. The van der Waals surface area contributed by atoms with E-state index in [0.29, 0.717) is 5.92 Å². The van der Waals surface area contributed by atoms with E-state index in [9.17, 15) is 0 Å². The molecule has 0 aromatic heterocycles. The van der Waals surface area contributed by atoms with E-state index < -0.39 is 0 Å². The van der Waals surface area contributed by atoms with Crippen LogP contribution in [0.2, 0.25) is 0 Å². The van der Waals surface area contributed by atoms with Crippen molar-refractivity contribution in [1.29, 1.82) is 0 Å². The molecule has 0 bridgehead atoms. The van der Waals surface area contributed by atoms with Crippen molar-refractivity contribution >= 4 is 12.6 Å². The van der Waals surface area contributed by atoms with Crippen LogP contribution in [0.4, 0.5) is 0 Å². The molecule has 2 fully saturated rings. The lowest BCUT2D eigenvalue weighted by molar-refractivity contribution is 0.00578. The van der Waals surface area contributed by atoms with Crippen LogP contribution >= 0.6 is 0 Å². The maximum absolute atomic E-state index is 6.15. The molecule has 1 unspecified atom stereocenters. The van der Waals surface area contributed by atoms with E-state index in [1.807, 2.05) is 0 Å². The summed E-state index contributed by atoms with van der Waals surface area (Å²) in [5.74, 6) is 1.59. The third-order valence-corrected chi connectivity index (χ3v) is 6.30. The van der Waals surface area contributed by atoms with Gasteiger partial charge in [0.25, 0.3) is 0 Å². The van der Waals surface area contributed by atoms with Gasteiger partial charge in [-0.1, -0.05) is 44.0 Å². The van der Waals surface area contributed by atoms with E-state index in [2.05, 4.69) is 58.9 Å². The number of hydrogen-bond donors (Lipinski definition) is 0. The summed E-state index contributed by atoms with van der Waals surface area (Å²) >= 11 is 0. The van der Waals surface area contributed by atoms with Gasteiger partial charge < -0.3 is 9.31 Å². The van der Waals surface area contributed by atoms with Gasteiger partial charge in [-0.3, -0.25) is 0 Å². The summed E-state index contributed by atoms with van der Waals surface area (Å²) in [6.45, 7) is 10.7. The Morgan fingerprint density at radius 2 is 1.52 bits per heavy atom. The second kappa shape index (κ2) is 6.25. The predicted octanol–water partition coefficient (Wildman–Crippen LogP) is 4.67. The lowest BCUT2D eigenvalue weighted by atomic mass is 9.76. The highest BCUT2D eigenvalue weighted by molar-refractivity contribution is 6.62. The van der Waals surface area contributed by atoms with Gasteiger partial charge in [-0.2, -0.15) is 0 Å². The van der Waals surface area contributed by atoms with Crippen LogP contribution < -0.4 is 5.46 Å². The van der Waals surface area contributed by atoms with Gasteiger partial charge in [0.1, 0.15) is 0 Å². The van der Waals surface area contributed by atoms with Gasteiger partial charge in [-0.15, -0.1) is 0 Å². The Labute approximate surface area is 142 Å². The Balaban J connectivity index is 1.75. The third kappa shape index (κ3) is 3.23. The van der Waals surface area contributed by atoms with Crippen molar-refractivity contribution in [2.24, 2.45) is 5.92 Å². The fraction of sp³-hybridized carbons (Fsp3) is 0.700. The molecule has 126 valence electrons. The summed E-state index contributed by atoms with van der Waals surface area (Å²) < 4.78 is 12.3. The van der Waals surface area contributed by atoms with E-state index in [1.165, 1.54) is 37.7 Å². The number of rotatable bonds is 4. The maximum Gasteiger partial charge on any atom is 0.494 e. The van der Waals surface area contributed by atoms with Gasteiger partial charge in [0, 0.05) is 0 Å². The van der Waals surface area contributed by atoms with Gasteiger partial charge in [0.05, 0.1) is 11.2 Å². The molecule has 0 radical (unpaired) electrons. The van der Waals surface area contributed by atoms with Crippen LogP contribution in [0.25, 0.3) is 0 Å². The van der Waals surface area contributed by atoms with Crippen molar-refractivity contribution in [1.82, 2.24) is 0 Å². The Bertz CT molecular complexity index is 513. The molecule has 3 heteroatoms. The molecule has 1 aliphatic heterocycles. The summed E-state index contributed by atoms with van der Waals surface area (Å²) in [5, 5.41) is 0. The largest absolute Gasteiger partial charge is 0.494 e. The average molecular weight is 314 g/mol. The van der Waals surface area contributed by atoms with Crippen molar-refractivity contribution in [2.45, 2.75) is 83.8 Å². The minimum absolute atomic E-state index is 0.249. The molecule has 1 aromatic rings. The van der Waals surface area contributed by atoms with Crippen LogP contribution in [0.5, 0.6) is 0 Å². The zero-order valence-corrected chi connectivity index (χ0v) is 15.4. The maximum atomic E-state index is 6.15. The lowest BCUT2D eigenvalue weighted by Crippen LogP contribution is -2.41. The van der Waals surface area contributed by atoms with E-state index in [1.54, 1.807) is 0 Å². The summed E-state index contributed by atoms with van der Waals surface area (Å²) in [5.41, 5.74) is 2.08. The topological polar surface area (TPSA) is 18.5 Å². The van der Waals surface area contributed by atoms with Crippen LogP contribution in [0.1, 0.15) is 78.2 Å². The average Bonchev–Trinajstić information content (AvgIpc) is 3.08. The number of hydrogen-bond acceptors (Lipinski definition) is 2. The molecule has 2 aliphatic rings. The lowest BCUT2D eigenvalue weighted by Gasteiger charge is -2.32. The first-order chi connectivity index (χ1) is 10.8. The highest BCUT2D eigenvalue weighted by Crippen LogP contribution is 2.39. The van der Waals surface area contributed by atoms with Crippen LogP contribution in [-0.2, 0) is 9.31 Å². The highest BCUT2D eigenvalue weighted by Gasteiger charge is 2.51. The van der Waals surface area contributed by atoms with E-state index in [0.717, 1.165) is 11.4 Å². The van der Waals surface area contributed by atoms with Crippen molar-refractivity contribution < 1.29 is 9.31 Å². The molecule has 1 aliphatic carbocycles. The Morgan fingerprint density at radius 1 is 1.00 bits per heavy atom. The monoisotopic (exact) mass is 314 g/mol. The molecule has 0 N–H and O–H groups in total. The molecule has 1 aromatic carbocycles. The summed E-state index contributed by atoms with van der Waals surface area (Å²) in [6.07, 6.45) is 6.86. The van der Waals surface area contributed by atoms with Crippen molar-refractivity contribution in [3.63, 3.8) is 0 Å². The Hall–Kier alpha value is -0.795. The van der Waals surface area contributed by atoms with Gasteiger partial charge >= 0.3 is 7.12 Å². The van der Waals surface area contributed by atoms with Crippen LogP contribution in [0.3, 0.4) is 0 Å². The van der Waals surface area contributed by atoms with Gasteiger partial charge in [-0.05, 0) is 69.8 Å². The van der Waals surface area contributed by atoms with E-state index in [4.69, 9.17) is 9.31 Å². The van der Waals surface area contributed by atoms with Gasteiger partial charge in [-0.25, -0.2) is 0 Å². The van der Waals surface area contributed by atoms with Gasteiger partial charge in [0.15, 0.2) is 0 Å². The van der Waals surface area contributed by atoms with Crippen molar-refractivity contribution in [2.75, 3.05) is 0 Å². The summed E-state index contributed by atoms with van der Waals surface area (Å²) in [4.78, 5) is 0. The summed E-state index contributed by atoms with van der Waals surface area (Å²) in [6, 6.07) is 9.00. The molecule has 0 amide bonds. The molecular formula is C20H31BO2. The Morgan fingerprint density at radius 3 is 2.00 bits per heavy atom. The second-order valence-corrected chi connectivity index (χ2v) is 8.31. The fourth-order valence-electron chi connectivity index (χ4n) is 4.08. The quantitative estimate of drug-likeness (QED) is 0.752. The second-order valence-electron chi connectivity index (χ2n) is 8.31. The van der Waals surface area contributed by atoms with Crippen LogP contribution in [0.15, 0.2) is 24.3 Å². The smallest absolute Gasteiger partial charge is 0.399 e. The number of benzene rings is 1. The SMILES string of the molecule is CCC(c1ccc(B2OC(C)(C)C(C)(C)O2)cc1)C1CCCC1. The van der Waals surface area contributed by atoms with E-state index >= 15 is 0 Å². The minimum Gasteiger partial charge on any atom is -0.399 e. The first-order valence-electron chi connectivity index (χ1n) is 9.29. The molecule has 1 saturated carbocycles. The molecule has 23 heavy (non-hydrogen) atoms. The third-order valence-electron chi connectivity index (χ3n) is 6.30. The van der Waals surface area contributed by atoms with Crippen molar-refractivity contribution in [3.8, 4) is 0 Å². The first kappa shape index (κ1) is 17.0.